The van der Waals surface area contributed by atoms with Gasteiger partial charge in [-0.3, -0.25) is 4.90 Å². The number of hydrogen-bond acceptors (Lipinski definition) is 3. The molecule has 3 nitrogen and oxygen atoms in total. The van der Waals surface area contributed by atoms with Crippen molar-refractivity contribution in [3.05, 3.63) is 0 Å². The van der Waals surface area contributed by atoms with Gasteiger partial charge in [-0.1, -0.05) is 34.6 Å². The number of rotatable bonds is 6. The van der Waals surface area contributed by atoms with E-state index in [1.54, 1.807) is 0 Å². The van der Waals surface area contributed by atoms with E-state index < -0.39 is 0 Å². The Balaban J connectivity index is 2.01. The molecule has 0 aromatic carbocycles. The summed E-state index contributed by atoms with van der Waals surface area (Å²) in [6, 6.07) is 2.05. The van der Waals surface area contributed by atoms with E-state index in [9.17, 15) is 0 Å². The summed E-state index contributed by atoms with van der Waals surface area (Å²) in [5.74, 6) is 0.771. The van der Waals surface area contributed by atoms with Gasteiger partial charge in [-0.05, 0) is 32.1 Å². The first-order valence-electron chi connectivity index (χ1n) is 9.00. The number of nitrogens with one attached hydrogen (secondary N) is 1. The Kier molecular flexibility index (Phi) is 5.72. The molecule has 1 aliphatic carbocycles. The number of nitrogens with zero attached hydrogens (tertiary/aromatic N) is 1. The quantitative estimate of drug-likeness (QED) is 0.814. The highest BCUT2D eigenvalue weighted by Crippen LogP contribution is 2.47. The molecule has 4 atom stereocenters. The van der Waals surface area contributed by atoms with E-state index in [-0.39, 0.29) is 0 Å². The van der Waals surface area contributed by atoms with Gasteiger partial charge in [0.05, 0.1) is 6.10 Å². The van der Waals surface area contributed by atoms with E-state index in [0.29, 0.717) is 29.6 Å². The second kappa shape index (κ2) is 6.97. The van der Waals surface area contributed by atoms with Crippen LogP contribution in [0.25, 0.3) is 0 Å². The molecule has 1 N–H and O–H groups in total. The van der Waals surface area contributed by atoms with Crippen LogP contribution in [0.3, 0.4) is 0 Å². The van der Waals surface area contributed by atoms with Crippen LogP contribution in [0.5, 0.6) is 0 Å². The third-order valence-corrected chi connectivity index (χ3v) is 5.66. The number of hydrogen-bond donors (Lipinski definition) is 1. The predicted octanol–water partition coefficient (Wildman–Crippen LogP) is 3.29. The Morgan fingerprint density at radius 1 is 1.29 bits per heavy atom. The Morgan fingerprint density at radius 2 is 2.00 bits per heavy atom. The molecular weight excluding hydrogens is 260 g/mol. The molecule has 2 rings (SSSR count). The molecule has 124 valence electrons. The largest absolute Gasteiger partial charge is 0.378 e. The Bertz CT molecular complexity index is 329. The first kappa shape index (κ1) is 17.2. The monoisotopic (exact) mass is 296 g/mol. The van der Waals surface area contributed by atoms with Crippen LogP contribution in [-0.2, 0) is 4.74 Å². The molecule has 1 aliphatic heterocycles. The zero-order valence-corrected chi connectivity index (χ0v) is 15.0. The minimum atomic E-state index is 0.295. The predicted molar refractivity (Wildman–Crippen MR) is 89.6 cm³/mol. The molecule has 0 spiro atoms. The summed E-state index contributed by atoms with van der Waals surface area (Å²) in [6.07, 6.45) is 4.19. The summed E-state index contributed by atoms with van der Waals surface area (Å²) < 4.78 is 5.93. The van der Waals surface area contributed by atoms with Crippen molar-refractivity contribution in [3.8, 4) is 0 Å². The highest BCUT2D eigenvalue weighted by atomic mass is 16.5. The topological polar surface area (TPSA) is 24.5 Å². The first-order valence-corrected chi connectivity index (χ1v) is 9.00. The van der Waals surface area contributed by atoms with Gasteiger partial charge >= 0.3 is 0 Å². The van der Waals surface area contributed by atoms with E-state index in [0.717, 1.165) is 19.1 Å². The number of ether oxygens (including phenoxy) is 1. The van der Waals surface area contributed by atoms with Gasteiger partial charge in [-0.15, -0.1) is 0 Å². The van der Waals surface area contributed by atoms with Crippen LogP contribution < -0.4 is 5.32 Å². The summed E-state index contributed by atoms with van der Waals surface area (Å²) in [6.45, 7) is 17.1. The summed E-state index contributed by atoms with van der Waals surface area (Å²) >= 11 is 0. The lowest BCUT2D eigenvalue weighted by molar-refractivity contribution is -0.163. The standard InChI is InChI=1S/C18H36N2O/c1-7-15-11-19-14(9-13(3)4)12-20(15)16-10-17(21-8-2)18(16,5)6/h13-17,19H,7-12H2,1-6H3. The van der Waals surface area contributed by atoms with Crippen LogP contribution in [0.4, 0.5) is 0 Å². The minimum Gasteiger partial charge on any atom is -0.378 e. The van der Waals surface area contributed by atoms with E-state index in [1.165, 1.54) is 25.8 Å². The van der Waals surface area contributed by atoms with Gasteiger partial charge < -0.3 is 10.1 Å². The molecular formula is C18H36N2O. The SMILES string of the molecule is CCOC1CC(N2CC(CC(C)C)NCC2CC)C1(C)C. The maximum atomic E-state index is 5.93. The number of piperazine rings is 1. The third-order valence-electron chi connectivity index (χ3n) is 5.66. The molecule has 21 heavy (non-hydrogen) atoms. The van der Waals surface area contributed by atoms with E-state index in [4.69, 9.17) is 4.74 Å². The zero-order chi connectivity index (χ0) is 15.6. The molecule has 1 saturated heterocycles. The minimum absolute atomic E-state index is 0.295. The Labute approximate surface area is 131 Å². The van der Waals surface area contributed by atoms with Crippen molar-refractivity contribution in [1.29, 1.82) is 0 Å². The maximum absolute atomic E-state index is 5.93. The fourth-order valence-electron chi connectivity index (χ4n) is 4.29. The van der Waals surface area contributed by atoms with Gasteiger partial charge in [0.2, 0.25) is 0 Å². The molecule has 2 aliphatic rings. The van der Waals surface area contributed by atoms with E-state index >= 15 is 0 Å². The van der Waals surface area contributed by atoms with Crippen molar-refractivity contribution in [2.75, 3.05) is 19.7 Å². The second-order valence-corrected chi connectivity index (χ2v) is 8.01. The van der Waals surface area contributed by atoms with Crippen molar-refractivity contribution >= 4 is 0 Å². The van der Waals surface area contributed by atoms with Gasteiger partial charge in [0.15, 0.2) is 0 Å². The van der Waals surface area contributed by atoms with Crippen LogP contribution in [0, 0.1) is 11.3 Å². The zero-order valence-electron chi connectivity index (χ0n) is 15.0. The Morgan fingerprint density at radius 3 is 2.52 bits per heavy atom. The van der Waals surface area contributed by atoms with Crippen molar-refractivity contribution < 1.29 is 4.74 Å². The maximum Gasteiger partial charge on any atom is 0.0655 e. The normalized spacial score (nSPS) is 36.7. The average molecular weight is 296 g/mol. The Hall–Kier alpha value is -0.120. The van der Waals surface area contributed by atoms with Gasteiger partial charge in [0.25, 0.3) is 0 Å². The van der Waals surface area contributed by atoms with Crippen molar-refractivity contribution in [1.82, 2.24) is 10.2 Å². The van der Waals surface area contributed by atoms with Gasteiger partial charge in [0.1, 0.15) is 0 Å². The van der Waals surface area contributed by atoms with Crippen molar-refractivity contribution in [2.24, 2.45) is 11.3 Å². The van der Waals surface area contributed by atoms with E-state index in [2.05, 4.69) is 51.8 Å². The fourth-order valence-corrected chi connectivity index (χ4v) is 4.29. The van der Waals surface area contributed by atoms with Crippen molar-refractivity contribution in [3.63, 3.8) is 0 Å². The summed E-state index contributed by atoms with van der Waals surface area (Å²) in [5.41, 5.74) is 0.295. The first-order chi connectivity index (χ1) is 9.90. The highest BCUT2D eigenvalue weighted by Gasteiger charge is 2.53. The molecule has 0 amide bonds. The van der Waals surface area contributed by atoms with Crippen LogP contribution in [0.15, 0.2) is 0 Å². The molecule has 0 radical (unpaired) electrons. The average Bonchev–Trinajstić information content (AvgIpc) is 2.42. The van der Waals surface area contributed by atoms with Gasteiger partial charge in [-0.2, -0.15) is 0 Å². The molecule has 0 aromatic rings. The molecule has 0 aromatic heterocycles. The van der Waals surface area contributed by atoms with Crippen molar-refractivity contribution in [2.45, 2.75) is 85.0 Å². The summed E-state index contributed by atoms with van der Waals surface area (Å²) in [7, 11) is 0. The van der Waals surface area contributed by atoms with Gasteiger partial charge in [-0.25, -0.2) is 0 Å². The van der Waals surface area contributed by atoms with Crippen LogP contribution in [-0.4, -0.2) is 48.8 Å². The smallest absolute Gasteiger partial charge is 0.0655 e. The summed E-state index contributed by atoms with van der Waals surface area (Å²) in [5, 5.41) is 3.78. The van der Waals surface area contributed by atoms with Gasteiger partial charge in [0, 0.05) is 43.2 Å². The molecule has 4 unspecified atom stereocenters. The second-order valence-electron chi connectivity index (χ2n) is 8.01. The van der Waals surface area contributed by atoms with Crippen LogP contribution in [0.2, 0.25) is 0 Å². The highest BCUT2D eigenvalue weighted by molar-refractivity contribution is 5.06. The molecule has 1 saturated carbocycles. The summed E-state index contributed by atoms with van der Waals surface area (Å²) in [4.78, 5) is 2.80. The third kappa shape index (κ3) is 3.62. The lowest BCUT2D eigenvalue weighted by Crippen LogP contribution is -2.69. The van der Waals surface area contributed by atoms with Crippen LogP contribution in [0.1, 0.15) is 60.8 Å². The lowest BCUT2D eigenvalue weighted by atomic mass is 9.63. The molecule has 1 heterocycles. The molecule has 2 fully saturated rings. The molecule has 3 heteroatoms. The van der Waals surface area contributed by atoms with E-state index in [1.807, 2.05) is 0 Å². The lowest BCUT2D eigenvalue weighted by Gasteiger charge is -2.59. The molecule has 0 bridgehead atoms. The van der Waals surface area contributed by atoms with Crippen LogP contribution >= 0.6 is 0 Å². The fraction of sp³-hybridized carbons (Fsp3) is 1.00.